The third kappa shape index (κ3) is 4.46. The van der Waals surface area contributed by atoms with Gasteiger partial charge in [-0.1, -0.05) is 27.7 Å². The van der Waals surface area contributed by atoms with E-state index in [1.54, 1.807) is 12.3 Å². The van der Waals surface area contributed by atoms with Crippen LogP contribution in [0.2, 0.25) is 0 Å². The fraction of sp³-hybridized carbons (Fsp3) is 0.529. The summed E-state index contributed by atoms with van der Waals surface area (Å²) < 4.78 is 6.73. The first-order valence-electron chi connectivity index (χ1n) is 8.27. The molecule has 2 aromatic rings. The smallest absolute Gasteiger partial charge is 0.328 e. The highest BCUT2D eigenvalue weighted by atomic mass is 16.5. The third-order valence-electron chi connectivity index (χ3n) is 3.88. The van der Waals surface area contributed by atoms with Crippen molar-refractivity contribution >= 4 is 11.9 Å². The first-order chi connectivity index (χ1) is 11.8. The largest absolute Gasteiger partial charge is 0.467 e. The maximum absolute atomic E-state index is 12.4. The number of carbonyl (C=O) groups is 2. The zero-order chi connectivity index (χ0) is 18.6. The Labute approximate surface area is 147 Å². The standard InChI is InChI=1S/C17H25N5O3/c1-10(2)14(17(24)25-5)19-16(23)13-8-12(20-21-13)9-22-7-6-18-15(22)11(3)4/h6-8,10-11,14H,9H2,1-5H3,(H,19,23)(H,20,21)/t14-/m0/s1. The van der Waals surface area contributed by atoms with Gasteiger partial charge in [0, 0.05) is 18.3 Å². The van der Waals surface area contributed by atoms with E-state index in [0.717, 1.165) is 11.5 Å². The summed E-state index contributed by atoms with van der Waals surface area (Å²) in [6.45, 7) is 8.36. The number of hydrogen-bond donors (Lipinski definition) is 2. The number of carbonyl (C=O) groups excluding carboxylic acids is 2. The Balaban J connectivity index is 2.08. The monoisotopic (exact) mass is 347 g/mol. The van der Waals surface area contributed by atoms with Crippen molar-refractivity contribution in [3.05, 3.63) is 35.7 Å². The second-order valence-electron chi connectivity index (χ2n) is 6.56. The van der Waals surface area contributed by atoms with Crippen LogP contribution in [0, 0.1) is 5.92 Å². The Morgan fingerprint density at radius 1 is 1.32 bits per heavy atom. The Morgan fingerprint density at radius 3 is 2.64 bits per heavy atom. The molecule has 0 fully saturated rings. The van der Waals surface area contributed by atoms with Gasteiger partial charge in [-0.25, -0.2) is 9.78 Å². The van der Waals surface area contributed by atoms with Crippen LogP contribution in [-0.4, -0.2) is 44.8 Å². The van der Waals surface area contributed by atoms with E-state index >= 15 is 0 Å². The number of imidazole rings is 1. The summed E-state index contributed by atoms with van der Waals surface area (Å²) in [6.07, 6.45) is 3.64. The molecule has 0 unspecified atom stereocenters. The molecule has 8 heteroatoms. The van der Waals surface area contributed by atoms with Gasteiger partial charge in [0.1, 0.15) is 17.6 Å². The fourth-order valence-electron chi connectivity index (χ4n) is 2.54. The van der Waals surface area contributed by atoms with E-state index in [1.807, 2.05) is 24.6 Å². The lowest BCUT2D eigenvalue weighted by Crippen LogP contribution is -2.45. The van der Waals surface area contributed by atoms with Crippen molar-refractivity contribution in [1.82, 2.24) is 25.1 Å². The van der Waals surface area contributed by atoms with Crippen molar-refractivity contribution in [2.24, 2.45) is 5.92 Å². The number of H-pyrrole nitrogens is 1. The number of hydrogen-bond acceptors (Lipinski definition) is 5. The fourth-order valence-corrected chi connectivity index (χ4v) is 2.54. The second-order valence-corrected chi connectivity index (χ2v) is 6.56. The topological polar surface area (TPSA) is 102 Å². The Bertz CT molecular complexity index is 732. The van der Waals surface area contributed by atoms with E-state index in [4.69, 9.17) is 4.74 Å². The summed E-state index contributed by atoms with van der Waals surface area (Å²) in [5.74, 6) is 0.286. The molecule has 0 aliphatic carbocycles. The molecule has 8 nitrogen and oxygen atoms in total. The highest BCUT2D eigenvalue weighted by Crippen LogP contribution is 2.14. The van der Waals surface area contributed by atoms with Crippen molar-refractivity contribution in [2.45, 2.75) is 46.2 Å². The molecule has 0 bridgehead atoms. The number of nitrogens with zero attached hydrogens (tertiary/aromatic N) is 3. The molecule has 0 saturated carbocycles. The molecular formula is C17H25N5O3. The van der Waals surface area contributed by atoms with Crippen molar-refractivity contribution in [3.8, 4) is 0 Å². The summed E-state index contributed by atoms with van der Waals surface area (Å²) in [5, 5.41) is 9.58. The van der Waals surface area contributed by atoms with E-state index in [0.29, 0.717) is 12.5 Å². The van der Waals surface area contributed by atoms with Gasteiger partial charge in [-0.3, -0.25) is 9.89 Å². The molecule has 1 amide bonds. The lowest BCUT2D eigenvalue weighted by atomic mass is 10.0. The average Bonchev–Trinajstić information content (AvgIpc) is 3.21. The summed E-state index contributed by atoms with van der Waals surface area (Å²) >= 11 is 0. The molecule has 25 heavy (non-hydrogen) atoms. The van der Waals surface area contributed by atoms with Gasteiger partial charge in [0.05, 0.1) is 19.3 Å². The maximum atomic E-state index is 12.4. The summed E-state index contributed by atoms with van der Waals surface area (Å²) in [4.78, 5) is 28.5. The van der Waals surface area contributed by atoms with Crippen LogP contribution >= 0.6 is 0 Å². The number of aromatic amines is 1. The summed E-state index contributed by atoms with van der Waals surface area (Å²) in [7, 11) is 1.30. The van der Waals surface area contributed by atoms with E-state index in [-0.39, 0.29) is 11.6 Å². The molecule has 2 heterocycles. The molecule has 2 N–H and O–H groups in total. The van der Waals surface area contributed by atoms with Crippen LogP contribution in [-0.2, 0) is 16.1 Å². The molecule has 1 atom stereocenters. The summed E-state index contributed by atoms with van der Waals surface area (Å²) in [6, 6.07) is 0.965. The van der Waals surface area contributed by atoms with E-state index in [1.165, 1.54) is 7.11 Å². The van der Waals surface area contributed by atoms with Crippen LogP contribution < -0.4 is 5.32 Å². The Morgan fingerprint density at radius 2 is 2.04 bits per heavy atom. The van der Waals surface area contributed by atoms with Crippen LogP contribution in [0.15, 0.2) is 18.5 Å². The van der Waals surface area contributed by atoms with Gasteiger partial charge in [-0.2, -0.15) is 5.10 Å². The SMILES string of the molecule is COC(=O)[C@@H](NC(=O)c1cc(Cn2ccnc2C(C)C)[nH]n1)C(C)C. The molecule has 0 saturated heterocycles. The van der Waals surface area contributed by atoms with Gasteiger partial charge >= 0.3 is 5.97 Å². The van der Waals surface area contributed by atoms with Crippen LogP contribution in [0.5, 0.6) is 0 Å². The molecule has 0 aliphatic rings. The lowest BCUT2D eigenvalue weighted by molar-refractivity contribution is -0.144. The molecule has 0 aromatic carbocycles. The normalized spacial score (nSPS) is 12.4. The van der Waals surface area contributed by atoms with Crippen LogP contribution in [0.3, 0.4) is 0 Å². The minimum atomic E-state index is -0.709. The molecule has 0 aliphatic heterocycles. The minimum Gasteiger partial charge on any atom is -0.467 e. The van der Waals surface area contributed by atoms with E-state index < -0.39 is 17.9 Å². The Hall–Kier alpha value is -2.64. The molecular weight excluding hydrogens is 322 g/mol. The van der Waals surface area contributed by atoms with Gasteiger partial charge in [-0.15, -0.1) is 0 Å². The van der Waals surface area contributed by atoms with Gasteiger partial charge in [0.15, 0.2) is 0 Å². The van der Waals surface area contributed by atoms with Crippen LogP contribution in [0.4, 0.5) is 0 Å². The highest BCUT2D eigenvalue weighted by molar-refractivity contribution is 5.95. The van der Waals surface area contributed by atoms with E-state index in [9.17, 15) is 9.59 Å². The van der Waals surface area contributed by atoms with Crippen LogP contribution in [0.25, 0.3) is 0 Å². The molecule has 2 rings (SSSR count). The van der Waals surface area contributed by atoms with Crippen molar-refractivity contribution in [1.29, 1.82) is 0 Å². The minimum absolute atomic E-state index is 0.0886. The third-order valence-corrected chi connectivity index (χ3v) is 3.88. The van der Waals surface area contributed by atoms with Crippen molar-refractivity contribution in [3.63, 3.8) is 0 Å². The maximum Gasteiger partial charge on any atom is 0.328 e. The Kier molecular flexibility index (Phi) is 5.95. The zero-order valence-corrected chi connectivity index (χ0v) is 15.2. The first-order valence-corrected chi connectivity index (χ1v) is 8.27. The van der Waals surface area contributed by atoms with Gasteiger partial charge in [0.25, 0.3) is 5.91 Å². The van der Waals surface area contributed by atoms with Gasteiger partial charge < -0.3 is 14.6 Å². The van der Waals surface area contributed by atoms with Crippen molar-refractivity contribution in [2.75, 3.05) is 7.11 Å². The number of aromatic nitrogens is 4. The second kappa shape index (κ2) is 7.96. The molecule has 0 spiro atoms. The molecule has 136 valence electrons. The van der Waals surface area contributed by atoms with Gasteiger partial charge in [0.2, 0.25) is 0 Å². The first kappa shape index (κ1) is 18.7. The predicted octanol–water partition coefficient (Wildman–Crippen LogP) is 1.71. The number of ether oxygens (including phenoxy) is 1. The number of nitrogens with one attached hydrogen (secondary N) is 2. The van der Waals surface area contributed by atoms with Gasteiger partial charge in [-0.05, 0) is 12.0 Å². The average molecular weight is 347 g/mol. The zero-order valence-electron chi connectivity index (χ0n) is 15.2. The molecule has 0 radical (unpaired) electrons. The lowest BCUT2D eigenvalue weighted by Gasteiger charge is -2.19. The highest BCUT2D eigenvalue weighted by Gasteiger charge is 2.26. The van der Waals surface area contributed by atoms with Crippen LogP contribution in [0.1, 0.15) is 55.6 Å². The van der Waals surface area contributed by atoms with Crippen molar-refractivity contribution < 1.29 is 14.3 Å². The number of rotatable bonds is 7. The summed E-state index contributed by atoms with van der Waals surface area (Å²) in [5.41, 5.74) is 1.01. The quantitative estimate of drug-likeness (QED) is 0.742. The molecule has 2 aromatic heterocycles. The number of methoxy groups -OCH3 is 1. The number of amides is 1. The van der Waals surface area contributed by atoms with E-state index in [2.05, 4.69) is 34.3 Å². The number of esters is 1. The predicted molar refractivity (Wildman–Crippen MR) is 92.1 cm³/mol.